The number of allylic oxidation sites excluding steroid dienone is 2. The van der Waals surface area contributed by atoms with Crippen LogP contribution in [0.3, 0.4) is 0 Å². The van der Waals surface area contributed by atoms with E-state index in [-0.39, 0.29) is 12.0 Å². The summed E-state index contributed by atoms with van der Waals surface area (Å²) >= 11 is 0. The highest BCUT2D eigenvalue weighted by molar-refractivity contribution is 5.98. The van der Waals surface area contributed by atoms with Gasteiger partial charge in [-0.3, -0.25) is 4.79 Å². The second kappa shape index (κ2) is 4.89. The van der Waals surface area contributed by atoms with Gasteiger partial charge in [-0.15, -0.1) is 0 Å². The number of carbonyl (C=O) groups excluding carboxylic acids is 1. The van der Waals surface area contributed by atoms with Gasteiger partial charge in [0.15, 0.2) is 5.78 Å². The molecule has 1 saturated carbocycles. The van der Waals surface area contributed by atoms with E-state index in [1.54, 1.807) is 24.3 Å². The van der Waals surface area contributed by atoms with E-state index in [9.17, 15) is 26.7 Å². The van der Waals surface area contributed by atoms with Crippen molar-refractivity contribution in [3.63, 3.8) is 0 Å². The predicted molar refractivity (Wildman–Crippen MR) is 69.5 cm³/mol. The van der Waals surface area contributed by atoms with E-state index >= 15 is 0 Å². The van der Waals surface area contributed by atoms with Crippen molar-refractivity contribution in [2.75, 3.05) is 0 Å². The Bertz CT molecular complexity index is 605. The molecule has 1 aromatic rings. The minimum Gasteiger partial charge on any atom is -0.294 e. The van der Waals surface area contributed by atoms with E-state index in [1.165, 1.54) is 18.2 Å². The zero-order chi connectivity index (χ0) is 16.1. The van der Waals surface area contributed by atoms with Gasteiger partial charge in [0.05, 0.1) is 0 Å². The van der Waals surface area contributed by atoms with Crippen molar-refractivity contribution < 1.29 is 26.7 Å². The molecule has 2 aliphatic rings. The normalized spacial score (nSPS) is 30.8. The van der Waals surface area contributed by atoms with Crippen LogP contribution >= 0.6 is 0 Å². The summed E-state index contributed by atoms with van der Waals surface area (Å²) in [5.41, 5.74) is 0.177. The lowest BCUT2D eigenvalue weighted by Gasteiger charge is -2.34. The number of hydrogen-bond donors (Lipinski definition) is 0. The van der Waals surface area contributed by atoms with Crippen molar-refractivity contribution >= 4 is 5.78 Å². The summed E-state index contributed by atoms with van der Waals surface area (Å²) in [6, 6.07) is 7.67. The van der Waals surface area contributed by atoms with Crippen LogP contribution in [0.25, 0.3) is 0 Å². The Hall–Kier alpha value is -1.72. The maximum absolute atomic E-state index is 13.9. The Kier molecular flexibility index (Phi) is 3.38. The molecule has 0 spiro atoms. The maximum Gasteiger partial charge on any atom is 0.453 e. The molecule has 1 nitrogen and oxygen atoms in total. The maximum atomic E-state index is 13.9. The molecule has 4 atom stereocenters. The number of hydrogen-bond acceptors (Lipinski definition) is 1. The van der Waals surface area contributed by atoms with Crippen LogP contribution in [0, 0.1) is 23.7 Å². The highest BCUT2D eigenvalue weighted by Crippen LogP contribution is 2.58. The van der Waals surface area contributed by atoms with E-state index in [0.717, 1.165) is 0 Å². The number of ketones is 1. The molecular weight excluding hydrogens is 303 g/mol. The summed E-state index contributed by atoms with van der Waals surface area (Å²) in [5.74, 6) is -10.3. The number of benzene rings is 1. The monoisotopic (exact) mass is 316 g/mol. The van der Waals surface area contributed by atoms with Crippen molar-refractivity contribution in [1.82, 2.24) is 0 Å². The third kappa shape index (κ3) is 2.16. The van der Waals surface area contributed by atoms with Gasteiger partial charge in [0, 0.05) is 17.4 Å². The molecule has 0 unspecified atom stereocenters. The SMILES string of the molecule is O=C(c1ccccc1)[C@H]1[C@H](C(F)(F)C(F)(F)F)[C@@H]2C=C[C@H]1C2. The van der Waals surface area contributed by atoms with Gasteiger partial charge < -0.3 is 0 Å². The second-order valence-corrected chi connectivity index (χ2v) is 5.85. The molecule has 0 radical (unpaired) electrons. The number of fused-ring (bicyclic) bond motifs is 2. The van der Waals surface area contributed by atoms with Gasteiger partial charge in [-0.25, -0.2) is 0 Å². The van der Waals surface area contributed by atoms with Crippen LogP contribution in [-0.4, -0.2) is 17.9 Å². The molecular formula is C16H13F5O. The summed E-state index contributed by atoms with van der Waals surface area (Å²) in [4.78, 5) is 12.5. The number of alkyl halides is 5. The minimum absolute atomic E-state index is 0.177. The standard InChI is InChI=1S/C16H13F5O/c17-15(18,16(19,20)21)13-11-7-6-10(8-11)12(13)14(22)9-4-2-1-3-5-9/h1-7,10-13H,8H2/t10-,11+,12+,13+/m0/s1. The molecule has 118 valence electrons. The molecule has 0 heterocycles. The molecule has 1 fully saturated rings. The smallest absolute Gasteiger partial charge is 0.294 e. The summed E-state index contributed by atoms with van der Waals surface area (Å²) in [7, 11) is 0. The summed E-state index contributed by atoms with van der Waals surface area (Å²) in [5, 5.41) is 0. The van der Waals surface area contributed by atoms with Crippen molar-refractivity contribution in [3.05, 3.63) is 48.0 Å². The van der Waals surface area contributed by atoms with Gasteiger partial charge in [-0.05, 0) is 18.3 Å². The average Bonchev–Trinajstić information content (AvgIpc) is 3.07. The first-order valence-electron chi connectivity index (χ1n) is 6.95. The Morgan fingerprint density at radius 1 is 0.955 bits per heavy atom. The van der Waals surface area contributed by atoms with Crippen LogP contribution in [0.4, 0.5) is 22.0 Å². The molecule has 0 aromatic heterocycles. The number of halogens is 5. The third-order valence-corrected chi connectivity index (χ3v) is 4.62. The minimum atomic E-state index is -5.65. The Labute approximate surface area is 123 Å². The Morgan fingerprint density at radius 2 is 1.55 bits per heavy atom. The van der Waals surface area contributed by atoms with Gasteiger partial charge in [0.25, 0.3) is 0 Å². The fraction of sp³-hybridized carbons (Fsp3) is 0.438. The molecule has 0 aliphatic heterocycles. The van der Waals surface area contributed by atoms with Crippen LogP contribution in [0.5, 0.6) is 0 Å². The third-order valence-electron chi connectivity index (χ3n) is 4.62. The van der Waals surface area contributed by atoms with Crippen LogP contribution < -0.4 is 0 Å². The summed E-state index contributed by atoms with van der Waals surface area (Å²) in [6.45, 7) is 0. The second-order valence-electron chi connectivity index (χ2n) is 5.85. The molecule has 1 aromatic carbocycles. The molecule has 0 N–H and O–H groups in total. The first-order valence-corrected chi connectivity index (χ1v) is 6.95. The van der Waals surface area contributed by atoms with Crippen LogP contribution in [0.2, 0.25) is 0 Å². The Balaban J connectivity index is 1.99. The van der Waals surface area contributed by atoms with Crippen molar-refractivity contribution in [1.29, 1.82) is 0 Å². The fourth-order valence-electron chi connectivity index (χ4n) is 3.66. The lowest BCUT2D eigenvalue weighted by atomic mass is 9.75. The highest BCUT2D eigenvalue weighted by atomic mass is 19.4. The van der Waals surface area contributed by atoms with E-state index in [1.807, 2.05) is 0 Å². The summed E-state index contributed by atoms with van der Waals surface area (Å²) < 4.78 is 66.1. The first-order chi connectivity index (χ1) is 10.2. The number of Topliss-reactive ketones (excluding diaryl/α,β-unsaturated/α-hetero) is 1. The largest absolute Gasteiger partial charge is 0.453 e. The quantitative estimate of drug-likeness (QED) is 0.456. The van der Waals surface area contributed by atoms with E-state index in [4.69, 9.17) is 0 Å². The van der Waals surface area contributed by atoms with Crippen LogP contribution in [0.15, 0.2) is 42.5 Å². The van der Waals surface area contributed by atoms with Gasteiger partial charge in [0.2, 0.25) is 0 Å². The van der Waals surface area contributed by atoms with Gasteiger partial charge in [-0.1, -0.05) is 42.5 Å². The van der Waals surface area contributed by atoms with E-state index < -0.39 is 41.6 Å². The van der Waals surface area contributed by atoms with Crippen LogP contribution in [-0.2, 0) is 0 Å². The zero-order valence-electron chi connectivity index (χ0n) is 11.4. The van der Waals surface area contributed by atoms with E-state index in [2.05, 4.69) is 0 Å². The molecule has 0 saturated heterocycles. The van der Waals surface area contributed by atoms with Crippen molar-refractivity contribution in [2.24, 2.45) is 23.7 Å². The lowest BCUT2D eigenvalue weighted by Crippen LogP contribution is -2.49. The molecule has 22 heavy (non-hydrogen) atoms. The molecule has 6 heteroatoms. The Morgan fingerprint density at radius 3 is 2.14 bits per heavy atom. The molecule has 0 amide bonds. The highest BCUT2D eigenvalue weighted by Gasteiger charge is 2.69. The first kappa shape index (κ1) is 15.2. The van der Waals surface area contributed by atoms with Crippen LogP contribution in [0.1, 0.15) is 16.8 Å². The lowest BCUT2D eigenvalue weighted by molar-refractivity contribution is -0.308. The zero-order valence-corrected chi connectivity index (χ0v) is 11.4. The fourth-order valence-corrected chi connectivity index (χ4v) is 3.66. The van der Waals surface area contributed by atoms with Crippen molar-refractivity contribution in [2.45, 2.75) is 18.5 Å². The average molecular weight is 316 g/mol. The number of rotatable bonds is 3. The summed E-state index contributed by atoms with van der Waals surface area (Å²) in [6.07, 6.45) is -2.48. The topological polar surface area (TPSA) is 17.1 Å². The molecule has 3 rings (SSSR count). The van der Waals surface area contributed by atoms with Gasteiger partial charge >= 0.3 is 12.1 Å². The van der Waals surface area contributed by atoms with Gasteiger partial charge in [0.1, 0.15) is 0 Å². The van der Waals surface area contributed by atoms with Gasteiger partial charge in [-0.2, -0.15) is 22.0 Å². The predicted octanol–water partition coefficient (Wildman–Crippen LogP) is 4.51. The molecule has 2 aliphatic carbocycles. The van der Waals surface area contributed by atoms with E-state index in [0.29, 0.717) is 0 Å². The number of carbonyl (C=O) groups is 1. The molecule has 2 bridgehead atoms. The van der Waals surface area contributed by atoms with Crippen molar-refractivity contribution in [3.8, 4) is 0 Å².